The fourth-order valence-electron chi connectivity index (χ4n) is 1.57. The van der Waals surface area contributed by atoms with E-state index in [1.165, 1.54) is 11.8 Å². The van der Waals surface area contributed by atoms with Gasteiger partial charge in [-0.2, -0.15) is 0 Å². The Hall–Kier alpha value is -1.53. The fourth-order valence-corrected chi connectivity index (χ4v) is 2.48. The molecule has 0 aliphatic rings. The smallest absolute Gasteiger partial charge is 0.191 e. The number of anilines is 1. The average Bonchev–Trinajstić information content (AvgIpc) is 2.68. The van der Waals surface area contributed by atoms with Gasteiger partial charge >= 0.3 is 0 Å². The van der Waals surface area contributed by atoms with Crippen LogP contribution in [0.5, 0.6) is 0 Å². The number of benzene rings is 1. The van der Waals surface area contributed by atoms with E-state index in [9.17, 15) is 5.11 Å². The standard InChI is InChI=1S/C12H16N4OS/c1-8-14-15-12(16(8)2)18-7-11(17)9-5-3-4-6-10(9)13/h3-6,11,17H,7,13H2,1-2H3. The van der Waals surface area contributed by atoms with Gasteiger partial charge in [0, 0.05) is 24.1 Å². The summed E-state index contributed by atoms with van der Waals surface area (Å²) in [6, 6.07) is 7.34. The molecule has 18 heavy (non-hydrogen) atoms. The highest BCUT2D eigenvalue weighted by Gasteiger charge is 2.13. The molecule has 0 aliphatic heterocycles. The second kappa shape index (κ2) is 5.41. The summed E-state index contributed by atoms with van der Waals surface area (Å²) in [5, 5.41) is 18.9. The minimum Gasteiger partial charge on any atom is -0.398 e. The molecular weight excluding hydrogens is 248 g/mol. The molecule has 1 aromatic carbocycles. The third-order valence-corrected chi connectivity index (χ3v) is 3.87. The number of thioether (sulfide) groups is 1. The van der Waals surface area contributed by atoms with Gasteiger partial charge in [-0.1, -0.05) is 30.0 Å². The first-order chi connectivity index (χ1) is 8.59. The number of aliphatic hydroxyl groups is 1. The SMILES string of the molecule is Cc1nnc(SCC(O)c2ccccc2N)n1C. The number of hydrogen-bond donors (Lipinski definition) is 2. The summed E-state index contributed by atoms with van der Waals surface area (Å²) in [7, 11) is 1.90. The first kappa shape index (κ1) is 12.9. The average molecular weight is 264 g/mol. The van der Waals surface area contributed by atoms with Crippen LogP contribution in [0.3, 0.4) is 0 Å². The largest absolute Gasteiger partial charge is 0.398 e. The Kier molecular flexibility index (Phi) is 3.88. The number of aliphatic hydroxyl groups excluding tert-OH is 1. The molecule has 2 aromatic rings. The molecule has 0 spiro atoms. The first-order valence-corrected chi connectivity index (χ1v) is 6.59. The van der Waals surface area contributed by atoms with E-state index in [2.05, 4.69) is 10.2 Å². The Balaban J connectivity index is 2.03. The van der Waals surface area contributed by atoms with E-state index < -0.39 is 6.10 Å². The summed E-state index contributed by atoms with van der Waals surface area (Å²) in [5.74, 6) is 1.35. The van der Waals surface area contributed by atoms with Crippen LogP contribution in [-0.4, -0.2) is 25.6 Å². The van der Waals surface area contributed by atoms with Crippen molar-refractivity contribution in [1.82, 2.24) is 14.8 Å². The minimum atomic E-state index is -0.604. The van der Waals surface area contributed by atoms with Gasteiger partial charge in [0.2, 0.25) is 0 Å². The van der Waals surface area contributed by atoms with Gasteiger partial charge in [-0.3, -0.25) is 0 Å². The summed E-state index contributed by atoms with van der Waals surface area (Å²) in [6.07, 6.45) is -0.604. The molecule has 0 amide bonds. The number of aromatic nitrogens is 3. The third-order valence-electron chi connectivity index (χ3n) is 2.78. The third kappa shape index (κ3) is 2.65. The predicted molar refractivity (Wildman–Crippen MR) is 72.3 cm³/mol. The number of nitrogens with zero attached hydrogens (tertiary/aromatic N) is 3. The number of hydrogen-bond acceptors (Lipinski definition) is 5. The predicted octanol–water partition coefficient (Wildman–Crippen LogP) is 1.53. The van der Waals surface area contributed by atoms with E-state index in [1.807, 2.05) is 36.7 Å². The Labute approximate surface area is 110 Å². The fraction of sp³-hybridized carbons (Fsp3) is 0.333. The van der Waals surface area contributed by atoms with Gasteiger partial charge in [0.1, 0.15) is 5.82 Å². The number of rotatable bonds is 4. The maximum atomic E-state index is 10.1. The van der Waals surface area contributed by atoms with Gasteiger partial charge in [0.15, 0.2) is 5.16 Å². The Bertz CT molecular complexity index is 541. The lowest BCUT2D eigenvalue weighted by molar-refractivity contribution is 0.205. The lowest BCUT2D eigenvalue weighted by Crippen LogP contribution is -2.05. The summed E-state index contributed by atoms with van der Waals surface area (Å²) >= 11 is 1.46. The molecule has 0 radical (unpaired) electrons. The molecule has 2 rings (SSSR count). The zero-order chi connectivity index (χ0) is 13.1. The lowest BCUT2D eigenvalue weighted by Gasteiger charge is -2.12. The van der Waals surface area contributed by atoms with Crippen LogP contribution in [-0.2, 0) is 7.05 Å². The van der Waals surface area contributed by atoms with E-state index in [1.54, 1.807) is 6.07 Å². The van der Waals surface area contributed by atoms with E-state index in [4.69, 9.17) is 5.73 Å². The van der Waals surface area contributed by atoms with E-state index >= 15 is 0 Å². The highest BCUT2D eigenvalue weighted by molar-refractivity contribution is 7.99. The molecule has 1 unspecified atom stereocenters. The molecule has 0 saturated carbocycles. The quantitative estimate of drug-likeness (QED) is 0.647. The monoisotopic (exact) mass is 264 g/mol. The highest BCUT2D eigenvalue weighted by atomic mass is 32.2. The number of nitrogen functional groups attached to an aromatic ring is 1. The van der Waals surface area contributed by atoms with Gasteiger partial charge in [0.05, 0.1) is 6.10 Å². The van der Waals surface area contributed by atoms with Crippen molar-refractivity contribution in [3.05, 3.63) is 35.7 Å². The molecule has 1 heterocycles. The van der Waals surface area contributed by atoms with Crippen LogP contribution >= 0.6 is 11.8 Å². The van der Waals surface area contributed by atoms with Crippen LogP contribution in [0.25, 0.3) is 0 Å². The van der Waals surface area contributed by atoms with Crippen LogP contribution in [0, 0.1) is 6.92 Å². The van der Waals surface area contributed by atoms with Crippen LogP contribution in [0.15, 0.2) is 29.4 Å². The highest BCUT2D eigenvalue weighted by Crippen LogP contribution is 2.26. The van der Waals surface area contributed by atoms with Crippen molar-refractivity contribution in [2.45, 2.75) is 18.2 Å². The van der Waals surface area contributed by atoms with Gasteiger partial charge in [0.25, 0.3) is 0 Å². The van der Waals surface area contributed by atoms with Crippen LogP contribution < -0.4 is 5.73 Å². The van der Waals surface area contributed by atoms with E-state index in [-0.39, 0.29) is 0 Å². The summed E-state index contributed by atoms with van der Waals surface area (Å²) in [6.45, 7) is 1.89. The Morgan fingerprint density at radius 3 is 2.72 bits per heavy atom. The van der Waals surface area contributed by atoms with Crippen LogP contribution in [0.4, 0.5) is 5.69 Å². The Morgan fingerprint density at radius 1 is 1.39 bits per heavy atom. The second-order valence-corrected chi connectivity index (χ2v) is 5.03. The van der Waals surface area contributed by atoms with Crippen LogP contribution in [0.2, 0.25) is 0 Å². The number of nitrogens with two attached hydrogens (primary N) is 1. The minimum absolute atomic E-state index is 0.500. The van der Waals surface area contributed by atoms with Gasteiger partial charge in [-0.25, -0.2) is 0 Å². The molecular formula is C12H16N4OS. The molecule has 1 atom stereocenters. The van der Waals surface area contributed by atoms with Gasteiger partial charge < -0.3 is 15.4 Å². The van der Waals surface area contributed by atoms with E-state index in [0.29, 0.717) is 11.4 Å². The molecule has 96 valence electrons. The number of para-hydroxylation sites is 1. The molecule has 0 saturated heterocycles. The number of aryl methyl sites for hydroxylation is 1. The maximum absolute atomic E-state index is 10.1. The van der Waals surface area contributed by atoms with Crippen LogP contribution in [0.1, 0.15) is 17.5 Å². The molecule has 0 aliphatic carbocycles. The summed E-state index contributed by atoms with van der Waals surface area (Å²) in [4.78, 5) is 0. The molecule has 0 bridgehead atoms. The van der Waals surface area contributed by atoms with Crippen molar-refractivity contribution in [2.75, 3.05) is 11.5 Å². The van der Waals surface area contributed by atoms with Crippen molar-refractivity contribution in [3.63, 3.8) is 0 Å². The van der Waals surface area contributed by atoms with Gasteiger partial charge in [-0.05, 0) is 13.0 Å². The van der Waals surface area contributed by atoms with E-state index in [0.717, 1.165) is 16.5 Å². The Morgan fingerprint density at radius 2 is 2.11 bits per heavy atom. The lowest BCUT2D eigenvalue weighted by atomic mass is 10.1. The summed E-state index contributed by atoms with van der Waals surface area (Å²) in [5.41, 5.74) is 7.19. The van der Waals surface area contributed by atoms with Crippen molar-refractivity contribution in [1.29, 1.82) is 0 Å². The molecule has 3 N–H and O–H groups in total. The molecule has 6 heteroatoms. The maximum Gasteiger partial charge on any atom is 0.191 e. The molecule has 0 fully saturated rings. The van der Waals surface area contributed by atoms with Crippen molar-refractivity contribution < 1.29 is 5.11 Å². The van der Waals surface area contributed by atoms with Crippen molar-refractivity contribution >= 4 is 17.4 Å². The zero-order valence-corrected chi connectivity index (χ0v) is 11.2. The zero-order valence-electron chi connectivity index (χ0n) is 10.4. The topological polar surface area (TPSA) is 77.0 Å². The first-order valence-electron chi connectivity index (χ1n) is 5.61. The van der Waals surface area contributed by atoms with Crippen molar-refractivity contribution in [2.24, 2.45) is 7.05 Å². The van der Waals surface area contributed by atoms with Gasteiger partial charge in [-0.15, -0.1) is 10.2 Å². The second-order valence-electron chi connectivity index (χ2n) is 4.04. The normalized spacial score (nSPS) is 12.6. The molecule has 5 nitrogen and oxygen atoms in total. The van der Waals surface area contributed by atoms with Crippen molar-refractivity contribution in [3.8, 4) is 0 Å². The molecule has 1 aromatic heterocycles. The summed E-state index contributed by atoms with van der Waals surface area (Å²) < 4.78 is 1.89.